The number of nitrogens with one attached hydrogen (secondary N) is 1. The van der Waals surface area contributed by atoms with Crippen LogP contribution in [0.3, 0.4) is 0 Å². The van der Waals surface area contributed by atoms with Gasteiger partial charge in [-0.05, 0) is 20.8 Å². The quantitative estimate of drug-likeness (QED) is 0.809. The summed E-state index contributed by atoms with van der Waals surface area (Å²) in [4.78, 5) is 24.2. The fourth-order valence-corrected chi connectivity index (χ4v) is 2.07. The van der Waals surface area contributed by atoms with Gasteiger partial charge in [0.2, 0.25) is 0 Å². The van der Waals surface area contributed by atoms with Crippen molar-refractivity contribution in [2.24, 2.45) is 0 Å². The predicted molar refractivity (Wildman–Crippen MR) is 75.8 cm³/mol. The second-order valence-electron chi connectivity index (χ2n) is 6.06. The molecule has 1 aliphatic heterocycles. The Morgan fingerprint density at radius 1 is 1.45 bits per heavy atom. The molecule has 1 rings (SSSR count). The van der Waals surface area contributed by atoms with Crippen LogP contribution in [0.1, 0.15) is 27.2 Å². The Hall–Kier alpha value is -1.27. The van der Waals surface area contributed by atoms with Crippen molar-refractivity contribution < 1.29 is 19.4 Å². The number of nitrogens with zero attached hydrogens (tertiary/aromatic N) is 1. The van der Waals surface area contributed by atoms with Crippen molar-refractivity contribution in [1.29, 1.82) is 0 Å². The van der Waals surface area contributed by atoms with Gasteiger partial charge in [0, 0.05) is 24.7 Å². The normalized spacial score (nSPS) is 17.3. The molecule has 0 radical (unpaired) electrons. The maximum Gasteiger partial charge on any atom is 0.410 e. The van der Waals surface area contributed by atoms with E-state index in [-0.39, 0.29) is 19.5 Å². The van der Waals surface area contributed by atoms with Gasteiger partial charge in [0.05, 0.1) is 12.0 Å². The number of carbonyl (C=O) groups is 2. The first-order valence-electron chi connectivity index (χ1n) is 6.31. The van der Waals surface area contributed by atoms with Crippen LogP contribution >= 0.6 is 11.6 Å². The summed E-state index contributed by atoms with van der Waals surface area (Å²) < 4.78 is 5.23. The summed E-state index contributed by atoms with van der Waals surface area (Å²) in [6, 6.07) is 0. The Labute approximate surface area is 123 Å². The second kappa shape index (κ2) is 6.01. The summed E-state index contributed by atoms with van der Waals surface area (Å²) in [6.07, 6.45) is -0.527. The summed E-state index contributed by atoms with van der Waals surface area (Å²) >= 11 is 5.68. The number of amides is 1. The molecule has 0 aromatic rings. The highest BCUT2D eigenvalue weighted by Gasteiger charge is 2.47. The van der Waals surface area contributed by atoms with E-state index >= 15 is 0 Å². The smallest absolute Gasteiger partial charge is 0.410 e. The Kier molecular flexibility index (Phi) is 5.05. The number of carbonyl (C=O) groups excluding carboxylic acids is 1. The molecule has 6 nitrogen and oxygen atoms in total. The van der Waals surface area contributed by atoms with E-state index in [1.54, 1.807) is 20.8 Å². The first kappa shape index (κ1) is 16.8. The van der Waals surface area contributed by atoms with Gasteiger partial charge < -0.3 is 20.1 Å². The molecule has 0 saturated carbocycles. The molecule has 7 heteroatoms. The predicted octanol–water partition coefficient (Wildman–Crippen LogP) is 1.79. The minimum atomic E-state index is -0.929. The van der Waals surface area contributed by atoms with E-state index in [0.717, 1.165) is 0 Å². The van der Waals surface area contributed by atoms with Gasteiger partial charge in [0.15, 0.2) is 0 Å². The zero-order valence-corrected chi connectivity index (χ0v) is 12.8. The minimum Gasteiger partial charge on any atom is -0.481 e. The number of hydrogen-bond acceptors (Lipinski definition) is 4. The third kappa shape index (κ3) is 5.02. The van der Waals surface area contributed by atoms with Gasteiger partial charge in [-0.25, -0.2) is 4.79 Å². The highest BCUT2D eigenvalue weighted by molar-refractivity contribution is 6.29. The third-order valence-electron chi connectivity index (χ3n) is 2.78. The van der Waals surface area contributed by atoms with Crippen molar-refractivity contribution in [3.05, 3.63) is 11.6 Å². The molecular weight excluding hydrogens is 284 g/mol. The molecule has 1 amide bonds. The standard InChI is InChI=1S/C13H21ClN2O4/c1-9(14)6-15-13(5-10(17)18)7-16(8-13)11(19)20-12(2,3)4/h15H,1,5-8H2,2-4H3,(H,17,18). The zero-order valence-electron chi connectivity index (χ0n) is 12.0. The summed E-state index contributed by atoms with van der Waals surface area (Å²) in [6.45, 7) is 9.75. The molecule has 1 saturated heterocycles. The Balaban J connectivity index is 2.58. The molecule has 0 bridgehead atoms. The molecule has 0 aromatic heterocycles. The van der Waals surface area contributed by atoms with Crippen molar-refractivity contribution >= 4 is 23.7 Å². The SMILES string of the molecule is C=C(Cl)CNC1(CC(=O)O)CN(C(=O)OC(C)(C)C)C1. The molecule has 1 heterocycles. The first-order valence-corrected chi connectivity index (χ1v) is 6.69. The number of hydrogen-bond donors (Lipinski definition) is 2. The molecule has 0 aliphatic carbocycles. The number of rotatable bonds is 5. The summed E-state index contributed by atoms with van der Waals surface area (Å²) in [7, 11) is 0. The number of ether oxygens (including phenoxy) is 1. The molecule has 20 heavy (non-hydrogen) atoms. The van der Waals surface area contributed by atoms with Gasteiger partial charge in [-0.2, -0.15) is 0 Å². The number of carboxylic acid groups (broad SMARTS) is 1. The third-order valence-corrected chi connectivity index (χ3v) is 2.92. The lowest BCUT2D eigenvalue weighted by Gasteiger charge is -2.49. The van der Waals surface area contributed by atoms with Gasteiger partial charge in [-0.1, -0.05) is 18.2 Å². The highest BCUT2D eigenvalue weighted by Crippen LogP contribution is 2.27. The average Bonchev–Trinajstić information content (AvgIpc) is 2.17. The highest BCUT2D eigenvalue weighted by atomic mass is 35.5. The first-order chi connectivity index (χ1) is 9.03. The average molecular weight is 305 g/mol. The lowest BCUT2D eigenvalue weighted by Crippen LogP contribution is -2.71. The van der Waals surface area contributed by atoms with Crippen LogP contribution in [0.5, 0.6) is 0 Å². The molecule has 0 unspecified atom stereocenters. The van der Waals surface area contributed by atoms with E-state index in [0.29, 0.717) is 11.6 Å². The van der Waals surface area contributed by atoms with Crippen molar-refractivity contribution in [2.45, 2.75) is 38.3 Å². The Morgan fingerprint density at radius 2 is 2.00 bits per heavy atom. The maximum absolute atomic E-state index is 11.8. The Bertz CT molecular complexity index is 411. The van der Waals surface area contributed by atoms with E-state index in [9.17, 15) is 9.59 Å². The van der Waals surface area contributed by atoms with Crippen LogP contribution in [0.4, 0.5) is 4.79 Å². The van der Waals surface area contributed by atoms with Crippen molar-refractivity contribution in [2.75, 3.05) is 19.6 Å². The molecule has 2 N–H and O–H groups in total. The van der Waals surface area contributed by atoms with Gasteiger partial charge in [0.25, 0.3) is 0 Å². The number of aliphatic carboxylic acids is 1. The Morgan fingerprint density at radius 3 is 2.40 bits per heavy atom. The van der Waals surface area contributed by atoms with Crippen molar-refractivity contribution in [3.63, 3.8) is 0 Å². The lowest BCUT2D eigenvalue weighted by molar-refractivity contribution is -0.141. The van der Waals surface area contributed by atoms with Crippen LogP contribution in [0.2, 0.25) is 0 Å². The van der Waals surface area contributed by atoms with Gasteiger partial charge in [-0.15, -0.1) is 0 Å². The second-order valence-corrected chi connectivity index (χ2v) is 6.59. The maximum atomic E-state index is 11.8. The molecule has 1 fully saturated rings. The largest absolute Gasteiger partial charge is 0.481 e. The molecule has 0 atom stereocenters. The number of halogens is 1. The van der Waals surface area contributed by atoms with Crippen LogP contribution in [-0.4, -0.2) is 52.8 Å². The fourth-order valence-electron chi connectivity index (χ4n) is 2.00. The van der Waals surface area contributed by atoms with Crippen LogP contribution < -0.4 is 5.32 Å². The van der Waals surface area contributed by atoms with Gasteiger partial charge >= 0.3 is 12.1 Å². The summed E-state index contributed by atoms with van der Waals surface area (Å²) in [5.41, 5.74) is -1.24. The van der Waals surface area contributed by atoms with E-state index in [1.165, 1.54) is 4.90 Å². The summed E-state index contributed by atoms with van der Waals surface area (Å²) in [5.74, 6) is -0.929. The monoisotopic (exact) mass is 304 g/mol. The van der Waals surface area contributed by atoms with E-state index in [2.05, 4.69) is 11.9 Å². The van der Waals surface area contributed by atoms with E-state index in [4.69, 9.17) is 21.4 Å². The number of carboxylic acids is 1. The lowest BCUT2D eigenvalue weighted by atomic mass is 9.86. The van der Waals surface area contributed by atoms with Crippen molar-refractivity contribution in [1.82, 2.24) is 10.2 Å². The van der Waals surface area contributed by atoms with Gasteiger partial charge in [0.1, 0.15) is 5.60 Å². The van der Waals surface area contributed by atoms with Crippen LogP contribution in [0.25, 0.3) is 0 Å². The molecule has 0 aromatic carbocycles. The van der Waals surface area contributed by atoms with E-state index in [1.807, 2.05) is 0 Å². The van der Waals surface area contributed by atoms with Crippen LogP contribution in [0.15, 0.2) is 11.6 Å². The van der Waals surface area contributed by atoms with Crippen LogP contribution in [0, 0.1) is 0 Å². The summed E-state index contributed by atoms with van der Waals surface area (Å²) in [5, 5.41) is 12.4. The van der Waals surface area contributed by atoms with E-state index < -0.39 is 23.2 Å². The number of likely N-dealkylation sites (tertiary alicyclic amines) is 1. The topological polar surface area (TPSA) is 78.9 Å². The minimum absolute atomic E-state index is 0.0868. The molecular formula is C13H21ClN2O4. The van der Waals surface area contributed by atoms with Crippen molar-refractivity contribution in [3.8, 4) is 0 Å². The van der Waals surface area contributed by atoms with Gasteiger partial charge in [-0.3, -0.25) is 4.79 Å². The zero-order chi connectivity index (χ0) is 15.6. The fraction of sp³-hybridized carbons (Fsp3) is 0.692. The van der Waals surface area contributed by atoms with Crippen LogP contribution in [-0.2, 0) is 9.53 Å². The molecule has 114 valence electrons. The molecule has 1 aliphatic rings. The molecule has 0 spiro atoms.